The minimum absolute atomic E-state index is 0.156. The van der Waals surface area contributed by atoms with Crippen molar-refractivity contribution in [3.63, 3.8) is 0 Å². The maximum absolute atomic E-state index is 12.0. The van der Waals surface area contributed by atoms with Gasteiger partial charge in [-0.3, -0.25) is 4.79 Å². The van der Waals surface area contributed by atoms with E-state index in [-0.39, 0.29) is 11.9 Å². The number of carbonyl (C=O) groups excluding carboxylic acids is 1. The molecule has 114 valence electrons. The van der Waals surface area contributed by atoms with Crippen molar-refractivity contribution in [1.29, 1.82) is 0 Å². The number of hydrogen-bond donors (Lipinski definition) is 3. The van der Waals surface area contributed by atoms with Crippen LogP contribution in [0.2, 0.25) is 0 Å². The Morgan fingerprint density at radius 1 is 1.16 bits per heavy atom. The van der Waals surface area contributed by atoms with Gasteiger partial charge in [-0.2, -0.15) is 0 Å². The molecule has 0 saturated heterocycles. The van der Waals surface area contributed by atoms with Crippen molar-refractivity contribution in [3.05, 3.63) is 0 Å². The predicted octanol–water partition coefficient (Wildman–Crippen LogP) is 1.10. The van der Waals surface area contributed by atoms with Crippen molar-refractivity contribution in [2.24, 2.45) is 11.3 Å². The molecule has 0 saturated carbocycles. The van der Waals surface area contributed by atoms with Crippen molar-refractivity contribution in [3.8, 4) is 0 Å². The maximum atomic E-state index is 12.0. The Hall–Kier alpha value is -0.650. The van der Waals surface area contributed by atoms with Gasteiger partial charge in [0.15, 0.2) is 0 Å². The van der Waals surface area contributed by atoms with Crippen LogP contribution in [0.4, 0.5) is 0 Å². The zero-order valence-corrected chi connectivity index (χ0v) is 12.3. The summed E-state index contributed by atoms with van der Waals surface area (Å²) in [7, 11) is 0. The SMILES string of the molecule is CCCCC(CC)C(=O)OC(C)C(CO)(CO)CO. The van der Waals surface area contributed by atoms with Gasteiger partial charge in [0, 0.05) is 0 Å². The molecule has 5 heteroatoms. The quantitative estimate of drug-likeness (QED) is 0.520. The van der Waals surface area contributed by atoms with Crippen LogP contribution in [0, 0.1) is 11.3 Å². The lowest BCUT2D eigenvalue weighted by atomic mass is 9.85. The number of aliphatic hydroxyl groups excluding tert-OH is 3. The van der Waals surface area contributed by atoms with E-state index in [0.717, 1.165) is 19.3 Å². The largest absolute Gasteiger partial charge is 0.462 e. The second kappa shape index (κ2) is 9.28. The number of unbranched alkanes of at least 4 members (excludes halogenated alkanes) is 1. The summed E-state index contributed by atoms with van der Waals surface area (Å²) in [5, 5.41) is 27.9. The minimum atomic E-state index is -1.18. The van der Waals surface area contributed by atoms with Crippen LogP contribution in [0.25, 0.3) is 0 Å². The fraction of sp³-hybridized carbons (Fsp3) is 0.929. The Morgan fingerprint density at radius 2 is 1.68 bits per heavy atom. The molecule has 0 rings (SSSR count). The van der Waals surface area contributed by atoms with Crippen molar-refractivity contribution in [2.75, 3.05) is 19.8 Å². The van der Waals surface area contributed by atoms with Crippen LogP contribution in [0.5, 0.6) is 0 Å². The molecule has 0 heterocycles. The monoisotopic (exact) mass is 276 g/mol. The van der Waals surface area contributed by atoms with E-state index in [9.17, 15) is 20.1 Å². The zero-order chi connectivity index (χ0) is 14.9. The van der Waals surface area contributed by atoms with Gasteiger partial charge in [-0.05, 0) is 19.8 Å². The third kappa shape index (κ3) is 5.09. The molecule has 2 atom stereocenters. The Kier molecular flexibility index (Phi) is 8.97. The predicted molar refractivity (Wildman–Crippen MR) is 72.6 cm³/mol. The third-order valence-corrected chi connectivity index (χ3v) is 3.83. The summed E-state index contributed by atoms with van der Waals surface area (Å²) in [4.78, 5) is 12.0. The molecule has 0 spiro atoms. The van der Waals surface area contributed by atoms with Crippen LogP contribution in [0.15, 0.2) is 0 Å². The highest BCUT2D eigenvalue weighted by Gasteiger charge is 2.38. The van der Waals surface area contributed by atoms with E-state index in [1.165, 1.54) is 0 Å². The van der Waals surface area contributed by atoms with Crippen LogP contribution >= 0.6 is 0 Å². The van der Waals surface area contributed by atoms with Crippen molar-refractivity contribution < 1.29 is 24.9 Å². The number of carbonyl (C=O) groups is 1. The van der Waals surface area contributed by atoms with Gasteiger partial charge in [0.2, 0.25) is 0 Å². The Morgan fingerprint density at radius 3 is 2.05 bits per heavy atom. The van der Waals surface area contributed by atoms with Gasteiger partial charge in [-0.25, -0.2) is 0 Å². The summed E-state index contributed by atoms with van der Waals surface area (Å²) >= 11 is 0. The summed E-state index contributed by atoms with van der Waals surface area (Å²) < 4.78 is 5.32. The number of aliphatic hydroxyl groups is 3. The standard InChI is InChI=1S/C14H28O5/c1-4-6-7-12(5-2)13(18)19-11(3)14(8-15,9-16)10-17/h11-12,15-17H,4-10H2,1-3H3. The highest BCUT2D eigenvalue weighted by Crippen LogP contribution is 2.25. The number of rotatable bonds is 10. The van der Waals surface area contributed by atoms with Crippen LogP contribution in [0.1, 0.15) is 46.5 Å². The van der Waals surface area contributed by atoms with Crippen LogP contribution in [0.3, 0.4) is 0 Å². The minimum Gasteiger partial charge on any atom is -0.462 e. The molecule has 0 aromatic rings. The number of ether oxygens (including phenoxy) is 1. The average molecular weight is 276 g/mol. The summed E-state index contributed by atoms with van der Waals surface area (Å²) in [6.07, 6.45) is 2.75. The van der Waals surface area contributed by atoms with E-state index in [4.69, 9.17) is 4.74 Å². The van der Waals surface area contributed by atoms with Crippen LogP contribution in [-0.2, 0) is 9.53 Å². The second-order valence-electron chi connectivity index (χ2n) is 5.16. The smallest absolute Gasteiger partial charge is 0.309 e. The molecule has 0 aliphatic carbocycles. The van der Waals surface area contributed by atoms with Gasteiger partial charge >= 0.3 is 5.97 Å². The summed E-state index contributed by atoms with van der Waals surface area (Å²) in [6, 6.07) is 0. The number of hydrogen-bond acceptors (Lipinski definition) is 5. The number of esters is 1. The molecule has 0 aromatic carbocycles. The molecule has 0 radical (unpaired) electrons. The topological polar surface area (TPSA) is 87.0 Å². The van der Waals surface area contributed by atoms with E-state index >= 15 is 0 Å². The van der Waals surface area contributed by atoms with E-state index in [0.29, 0.717) is 6.42 Å². The molecule has 0 fully saturated rings. The molecule has 0 amide bonds. The first kappa shape index (κ1) is 18.4. The molecule has 0 aliphatic heterocycles. The average Bonchev–Trinajstić information content (AvgIpc) is 2.42. The molecule has 0 bridgehead atoms. The highest BCUT2D eigenvalue weighted by molar-refractivity contribution is 5.72. The fourth-order valence-electron chi connectivity index (χ4n) is 1.87. The fourth-order valence-corrected chi connectivity index (χ4v) is 1.87. The van der Waals surface area contributed by atoms with Crippen molar-refractivity contribution >= 4 is 5.97 Å². The van der Waals surface area contributed by atoms with Crippen molar-refractivity contribution in [1.82, 2.24) is 0 Å². The lowest BCUT2D eigenvalue weighted by Gasteiger charge is -2.34. The molecule has 0 aromatic heterocycles. The first-order valence-corrected chi connectivity index (χ1v) is 7.04. The van der Waals surface area contributed by atoms with E-state index < -0.39 is 31.3 Å². The van der Waals surface area contributed by atoms with Crippen molar-refractivity contribution in [2.45, 2.75) is 52.6 Å². The maximum Gasteiger partial charge on any atom is 0.309 e. The van der Waals surface area contributed by atoms with Gasteiger partial charge in [0.25, 0.3) is 0 Å². The molecule has 2 unspecified atom stereocenters. The van der Waals surface area contributed by atoms with Gasteiger partial charge in [0.1, 0.15) is 6.10 Å². The Labute approximate surface area is 115 Å². The summed E-state index contributed by atoms with van der Waals surface area (Å²) in [5.41, 5.74) is -1.18. The van der Waals surface area contributed by atoms with Gasteiger partial charge in [-0.15, -0.1) is 0 Å². The van der Waals surface area contributed by atoms with Crippen LogP contribution < -0.4 is 0 Å². The third-order valence-electron chi connectivity index (χ3n) is 3.83. The zero-order valence-electron chi connectivity index (χ0n) is 12.3. The van der Waals surface area contributed by atoms with Gasteiger partial charge < -0.3 is 20.1 Å². The second-order valence-corrected chi connectivity index (χ2v) is 5.16. The Balaban J connectivity index is 4.59. The highest BCUT2D eigenvalue weighted by atomic mass is 16.5. The van der Waals surface area contributed by atoms with E-state index in [2.05, 4.69) is 6.92 Å². The molecular weight excluding hydrogens is 248 g/mol. The normalized spacial score (nSPS) is 15.1. The lowest BCUT2D eigenvalue weighted by Crippen LogP contribution is -2.46. The van der Waals surface area contributed by atoms with Crippen LogP contribution in [-0.4, -0.2) is 47.2 Å². The van der Waals surface area contributed by atoms with E-state index in [1.54, 1.807) is 6.92 Å². The summed E-state index contributed by atoms with van der Waals surface area (Å²) in [6.45, 7) is 4.30. The first-order valence-electron chi connectivity index (χ1n) is 7.04. The molecule has 19 heavy (non-hydrogen) atoms. The van der Waals surface area contributed by atoms with Gasteiger partial charge in [0.05, 0.1) is 31.2 Å². The summed E-state index contributed by atoms with van der Waals surface area (Å²) in [5.74, 6) is -0.473. The molecule has 0 aliphatic rings. The first-order chi connectivity index (χ1) is 9.01. The van der Waals surface area contributed by atoms with E-state index in [1.807, 2.05) is 6.92 Å². The molecule has 3 N–H and O–H groups in total. The van der Waals surface area contributed by atoms with Gasteiger partial charge in [-0.1, -0.05) is 26.7 Å². The lowest BCUT2D eigenvalue weighted by molar-refractivity contribution is -0.168. The molecular formula is C14H28O5. The Bertz CT molecular complexity index is 242. The molecule has 5 nitrogen and oxygen atoms in total.